The lowest BCUT2D eigenvalue weighted by Crippen LogP contribution is -2.23. The molecule has 2 N–H and O–H groups in total. The molecule has 2 saturated carbocycles. The molecule has 2 bridgehead atoms. The molecule has 0 radical (unpaired) electrons. The summed E-state index contributed by atoms with van der Waals surface area (Å²) in [6.07, 6.45) is 7.00. The molecule has 0 spiro atoms. The maximum atomic E-state index is 11.8. The number of rotatable bonds is 5. The molecule has 2 aliphatic rings. The summed E-state index contributed by atoms with van der Waals surface area (Å²) in [5, 5.41) is 0.867. The van der Waals surface area contributed by atoms with Gasteiger partial charge in [-0.15, -0.1) is 0 Å². The number of benzene rings is 1. The first kappa shape index (κ1) is 16.2. The summed E-state index contributed by atoms with van der Waals surface area (Å²) in [7, 11) is 0. The molecule has 1 heterocycles. The average Bonchev–Trinajstić information content (AvgIpc) is 3.17. The minimum absolute atomic E-state index is 0.0536. The van der Waals surface area contributed by atoms with Gasteiger partial charge in [0.05, 0.1) is 17.2 Å². The molecular weight excluding hydrogens is 316 g/mol. The molecule has 2 aliphatic carbocycles. The van der Waals surface area contributed by atoms with Crippen LogP contribution < -0.4 is 15.2 Å². The number of nitrogens with zero attached hydrogens (tertiary/aromatic N) is 1. The van der Waals surface area contributed by atoms with Crippen molar-refractivity contribution in [2.24, 2.45) is 17.6 Å². The Bertz CT molecular complexity index is 818. The number of pyridine rings is 1. The maximum absolute atomic E-state index is 11.8. The van der Waals surface area contributed by atoms with Crippen LogP contribution >= 0.6 is 0 Å². The molecule has 25 heavy (non-hydrogen) atoms. The van der Waals surface area contributed by atoms with Crippen molar-refractivity contribution in [3.8, 4) is 11.5 Å². The summed E-state index contributed by atoms with van der Waals surface area (Å²) in [4.78, 5) is 16.2. The van der Waals surface area contributed by atoms with E-state index < -0.39 is 5.91 Å². The highest BCUT2D eigenvalue weighted by Crippen LogP contribution is 2.46. The van der Waals surface area contributed by atoms with E-state index in [0.717, 1.165) is 23.5 Å². The predicted molar refractivity (Wildman–Crippen MR) is 95.9 cm³/mol. The van der Waals surface area contributed by atoms with Crippen LogP contribution in [0.4, 0.5) is 0 Å². The van der Waals surface area contributed by atoms with E-state index in [4.69, 9.17) is 15.2 Å². The monoisotopic (exact) mass is 340 g/mol. The van der Waals surface area contributed by atoms with Gasteiger partial charge >= 0.3 is 0 Å². The van der Waals surface area contributed by atoms with Gasteiger partial charge in [0.2, 0.25) is 0 Å². The molecule has 1 aromatic carbocycles. The van der Waals surface area contributed by atoms with Crippen LogP contribution in [0.3, 0.4) is 0 Å². The number of fused-ring (bicyclic) bond motifs is 3. The number of nitrogens with two attached hydrogens (primary N) is 1. The third kappa shape index (κ3) is 3.03. The van der Waals surface area contributed by atoms with Crippen molar-refractivity contribution in [1.29, 1.82) is 0 Å². The zero-order valence-electron chi connectivity index (χ0n) is 14.7. The fourth-order valence-electron chi connectivity index (χ4n) is 4.29. The van der Waals surface area contributed by atoms with Crippen molar-refractivity contribution in [2.45, 2.75) is 51.7 Å². The number of hydrogen-bond acceptors (Lipinski definition) is 4. The molecule has 4 rings (SSSR count). The van der Waals surface area contributed by atoms with Gasteiger partial charge in [0.1, 0.15) is 17.6 Å². The number of carbonyl (C=O) groups excluding carboxylic acids is 1. The van der Waals surface area contributed by atoms with Crippen molar-refractivity contribution in [3.05, 3.63) is 30.0 Å². The van der Waals surface area contributed by atoms with Gasteiger partial charge in [-0.1, -0.05) is 0 Å². The van der Waals surface area contributed by atoms with Crippen LogP contribution in [0.15, 0.2) is 24.4 Å². The third-order valence-corrected chi connectivity index (χ3v) is 5.38. The van der Waals surface area contributed by atoms with Gasteiger partial charge in [-0.2, -0.15) is 0 Å². The standard InChI is InChI=1S/C20H24N2O3/c1-11(2)24-19-10-14-16(9-15(19)20(21)23)22-6-5-17(14)25-18-8-12-3-4-13(18)7-12/h5-6,9-13,18H,3-4,7-8H2,1-2H3,(H2,21,23)/t12-,13+,18?/m1/s1. The van der Waals surface area contributed by atoms with Crippen LogP contribution in [0.5, 0.6) is 11.5 Å². The lowest BCUT2D eigenvalue weighted by atomic mass is 9.97. The van der Waals surface area contributed by atoms with Gasteiger partial charge in [-0.3, -0.25) is 9.78 Å². The minimum Gasteiger partial charge on any atom is -0.490 e. The van der Waals surface area contributed by atoms with E-state index in [1.54, 1.807) is 12.3 Å². The molecular formula is C20H24N2O3. The molecule has 5 nitrogen and oxygen atoms in total. The third-order valence-electron chi connectivity index (χ3n) is 5.38. The first-order chi connectivity index (χ1) is 12.0. The SMILES string of the molecule is CC(C)Oc1cc2c(OC3C[C@@H]4CC[C@H]3C4)ccnc2cc1C(N)=O. The van der Waals surface area contributed by atoms with Gasteiger partial charge in [0, 0.05) is 11.6 Å². The first-order valence-electron chi connectivity index (χ1n) is 9.07. The number of amides is 1. The Morgan fingerprint density at radius 1 is 1.24 bits per heavy atom. The Kier molecular flexibility index (Phi) is 4.02. The highest BCUT2D eigenvalue weighted by molar-refractivity contribution is 6.01. The lowest BCUT2D eigenvalue weighted by Gasteiger charge is -2.24. The van der Waals surface area contributed by atoms with Crippen molar-refractivity contribution < 1.29 is 14.3 Å². The molecule has 2 fully saturated rings. The largest absolute Gasteiger partial charge is 0.490 e. The van der Waals surface area contributed by atoms with Crippen molar-refractivity contribution in [1.82, 2.24) is 4.98 Å². The smallest absolute Gasteiger partial charge is 0.252 e. The van der Waals surface area contributed by atoms with Crippen molar-refractivity contribution >= 4 is 16.8 Å². The predicted octanol–water partition coefficient (Wildman–Crippen LogP) is 3.69. The van der Waals surface area contributed by atoms with Crippen LogP contribution in [-0.2, 0) is 0 Å². The molecule has 1 amide bonds. The van der Waals surface area contributed by atoms with Crippen LogP contribution in [0.2, 0.25) is 0 Å². The number of ether oxygens (including phenoxy) is 2. The van der Waals surface area contributed by atoms with Crippen LogP contribution in [-0.4, -0.2) is 23.1 Å². The van der Waals surface area contributed by atoms with Gasteiger partial charge in [0.25, 0.3) is 5.91 Å². The topological polar surface area (TPSA) is 74.4 Å². The Labute approximate surface area is 147 Å². The fourth-order valence-corrected chi connectivity index (χ4v) is 4.29. The molecule has 0 saturated heterocycles. The molecule has 132 valence electrons. The summed E-state index contributed by atoms with van der Waals surface area (Å²) >= 11 is 0. The number of hydrogen-bond donors (Lipinski definition) is 1. The van der Waals surface area contributed by atoms with Crippen molar-refractivity contribution in [2.75, 3.05) is 0 Å². The van der Waals surface area contributed by atoms with E-state index >= 15 is 0 Å². The average molecular weight is 340 g/mol. The van der Waals surface area contributed by atoms with Crippen molar-refractivity contribution in [3.63, 3.8) is 0 Å². The second-order valence-electron chi connectivity index (χ2n) is 7.54. The van der Waals surface area contributed by atoms with Gasteiger partial charge in [-0.05, 0) is 69.6 Å². The molecule has 1 unspecified atom stereocenters. The zero-order chi connectivity index (χ0) is 17.6. The normalized spacial score (nSPS) is 24.8. The van der Waals surface area contributed by atoms with E-state index in [1.807, 2.05) is 26.0 Å². The molecule has 1 aromatic heterocycles. The highest BCUT2D eigenvalue weighted by atomic mass is 16.5. The Hall–Kier alpha value is -2.30. The summed E-state index contributed by atoms with van der Waals surface area (Å²) in [5.41, 5.74) is 6.57. The second kappa shape index (κ2) is 6.21. The summed E-state index contributed by atoms with van der Waals surface area (Å²) in [5.74, 6) is 2.28. The van der Waals surface area contributed by atoms with E-state index in [-0.39, 0.29) is 12.2 Å². The summed E-state index contributed by atoms with van der Waals surface area (Å²) < 4.78 is 12.2. The molecule has 3 atom stereocenters. The Morgan fingerprint density at radius 2 is 2.08 bits per heavy atom. The van der Waals surface area contributed by atoms with Crippen LogP contribution in [0, 0.1) is 11.8 Å². The van der Waals surface area contributed by atoms with Gasteiger partial charge in [0.15, 0.2) is 0 Å². The van der Waals surface area contributed by atoms with E-state index in [2.05, 4.69) is 4.98 Å². The van der Waals surface area contributed by atoms with E-state index in [1.165, 1.54) is 19.3 Å². The van der Waals surface area contributed by atoms with Crippen LogP contribution in [0.25, 0.3) is 10.9 Å². The van der Waals surface area contributed by atoms with Gasteiger partial charge in [-0.25, -0.2) is 0 Å². The summed E-state index contributed by atoms with van der Waals surface area (Å²) in [6, 6.07) is 5.44. The van der Waals surface area contributed by atoms with Crippen LogP contribution in [0.1, 0.15) is 49.9 Å². The zero-order valence-corrected chi connectivity index (χ0v) is 14.7. The first-order valence-corrected chi connectivity index (χ1v) is 9.07. The molecule has 5 heteroatoms. The quantitative estimate of drug-likeness (QED) is 0.901. The molecule has 2 aromatic rings. The Balaban J connectivity index is 1.73. The minimum atomic E-state index is -0.515. The summed E-state index contributed by atoms with van der Waals surface area (Å²) in [6.45, 7) is 3.84. The lowest BCUT2D eigenvalue weighted by molar-refractivity contribution is 0.0994. The Morgan fingerprint density at radius 3 is 2.72 bits per heavy atom. The van der Waals surface area contributed by atoms with E-state index in [9.17, 15) is 4.79 Å². The maximum Gasteiger partial charge on any atom is 0.252 e. The second-order valence-corrected chi connectivity index (χ2v) is 7.54. The van der Waals surface area contributed by atoms with E-state index in [0.29, 0.717) is 22.7 Å². The molecule has 0 aliphatic heterocycles. The van der Waals surface area contributed by atoms with Gasteiger partial charge < -0.3 is 15.2 Å². The highest BCUT2D eigenvalue weighted by Gasteiger charge is 2.41. The number of carbonyl (C=O) groups is 1. The number of aromatic nitrogens is 1. The number of primary amides is 1. The fraction of sp³-hybridized carbons (Fsp3) is 0.500.